The first-order chi connectivity index (χ1) is 10.2. The fourth-order valence-electron chi connectivity index (χ4n) is 2.45. The van der Waals surface area contributed by atoms with Crippen LogP contribution in [0.25, 0.3) is 0 Å². The van der Waals surface area contributed by atoms with E-state index in [0.29, 0.717) is 13.1 Å². The van der Waals surface area contributed by atoms with Crippen LogP contribution in [0.3, 0.4) is 0 Å². The second kappa shape index (κ2) is 6.42. The highest BCUT2D eigenvalue weighted by molar-refractivity contribution is 6.30. The Bertz CT molecular complexity index is 560. The van der Waals surface area contributed by atoms with E-state index in [0.717, 1.165) is 5.56 Å². The zero-order chi connectivity index (χ0) is 16.5. The third-order valence-corrected chi connectivity index (χ3v) is 3.75. The summed E-state index contributed by atoms with van der Waals surface area (Å²) in [5.74, 6) is -0.466. The van der Waals surface area contributed by atoms with E-state index in [4.69, 9.17) is 16.3 Å². The van der Waals surface area contributed by atoms with Crippen molar-refractivity contribution in [2.45, 2.75) is 45.4 Å². The molecule has 1 aromatic rings. The number of piperazine rings is 1. The molecule has 1 fully saturated rings. The number of carbonyl (C=O) groups is 1. The van der Waals surface area contributed by atoms with E-state index in [1.165, 1.54) is 6.07 Å². The third kappa shape index (κ3) is 4.11. The molecule has 0 aromatic heterocycles. The Hall–Kier alpha value is -1.33. The van der Waals surface area contributed by atoms with E-state index in [-0.39, 0.29) is 23.2 Å². The van der Waals surface area contributed by atoms with Crippen LogP contribution in [0.15, 0.2) is 18.2 Å². The monoisotopic (exact) mass is 328 g/mol. The molecule has 0 saturated carbocycles. The molecule has 0 spiro atoms. The van der Waals surface area contributed by atoms with Crippen LogP contribution in [-0.4, -0.2) is 35.7 Å². The number of nitrogens with zero attached hydrogens (tertiary/aromatic N) is 1. The second-order valence-electron chi connectivity index (χ2n) is 6.63. The van der Waals surface area contributed by atoms with Gasteiger partial charge in [-0.25, -0.2) is 9.18 Å². The molecule has 1 saturated heterocycles. The first-order valence-corrected chi connectivity index (χ1v) is 7.73. The number of hydrogen-bond donors (Lipinski definition) is 1. The Labute approximate surface area is 135 Å². The SMILES string of the molecule is C[C@@H]1CN(C(=O)OC(C)(C)C)[C@H](c2ccc(F)c(Cl)c2)CN1. The molecule has 1 aromatic carbocycles. The average molecular weight is 329 g/mol. The molecular formula is C16H22ClFN2O2. The smallest absolute Gasteiger partial charge is 0.410 e. The minimum absolute atomic E-state index is 0.0558. The second-order valence-corrected chi connectivity index (χ2v) is 7.04. The van der Waals surface area contributed by atoms with Crippen molar-refractivity contribution >= 4 is 17.7 Å². The number of halogens is 2. The summed E-state index contributed by atoms with van der Waals surface area (Å²) in [5, 5.41) is 3.38. The lowest BCUT2D eigenvalue weighted by molar-refractivity contribution is 0.00787. The van der Waals surface area contributed by atoms with Crippen LogP contribution in [-0.2, 0) is 4.74 Å². The van der Waals surface area contributed by atoms with Gasteiger partial charge in [0.05, 0.1) is 11.1 Å². The molecule has 4 nitrogen and oxygen atoms in total. The molecule has 2 rings (SSSR count). The van der Waals surface area contributed by atoms with Crippen molar-refractivity contribution in [1.29, 1.82) is 0 Å². The topological polar surface area (TPSA) is 41.6 Å². The lowest BCUT2D eigenvalue weighted by Gasteiger charge is -2.40. The van der Waals surface area contributed by atoms with Gasteiger partial charge in [0.2, 0.25) is 0 Å². The summed E-state index contributed by atoms with van der Waals surface area (Å²) in [5.41, 5.74) is 0.229. The van der Waals surface area contributed by atoms with Crippen molar-refractivity contribution in [1.82, 2.24) is 10.2 Å². The number of hydrogen-bond acceptors (Lipinski definition) is 3. The number of amides is 1. The average Bonchev–Trinajstić information content (AvgIpc) is 2.40. The van der Waals surface area contributed by atoms with E-state index >= 15 is 0 Å². The van der Waals surface area contributed by atoms with E-state index in [9.17, 15) is 9.18 Å². The predicted molar refractivity (Wildman–Crippen MR) is 84.6 cm³/mol. The number of benzene rings is 1. The van der Waals surface area contributed by atoms with Crippen molar-refractivity contribution < 1.29 is 13.9 Å². The summed E-state index contributed by atoms with van der Waals surface area (Å²) < 4.78 is 18.8. The summed E-state index contributed by atoms with van der Waals surface area (Å²) in [6.45, 7) is 8.60. The van der Waals surface area contributed by atoms with Crippen LogP contribution in [0.5, 0.6) is 0 Å². The molecule has 0 bridgehead atoms. The predicted octanol–water partition coefficient (Wildman–Crippen LogP) is 3.75. The largest absolute Gasteiger partial charge is 0.444 e. The molecule has 6 heteroatoms. The maximum Gasteiger partial charge on any atom is 0.410 e. The minimum Gasteiger partial charge on any atom is -0.444 e. The Kier molecular flexibility index (Phi) is 4.97. The van der Waals surface area contributed by atoms with Crippen molar-refractivity contribution in [3.05, 3.63) is 34.6 Å². The summed E-state index contributed by atoms with van der Waals surface area (Å²) >= 11 is 5.87. The summed E-state index contributed by atoms with van der Waals surface area (Å²) in [6.07, 6.45) is -0.369. The fraction of sp³-hybridized carbons (Fsp3) is 0.562. The van der Waals surface area contributed by atoms with Crippen LogP contribution in [0, 0.1) is 5.82 Å². The van der Waals surface area contributed by atoms with Crippen LogP contribution >= 0.6 is 11.6 Å². The highest BCUT2D eigenvalue weighted by atomic mass is 35.5. The van der Waals surface area contributed by atoms with Gasteiger partial charge in [-0.1, -0.05) is 17.7 Å². The Balaban J connectivity index is 2.26. The van der Waals surface area contributed by atoms with E-state index in [2.05, 4.69) is 5.32 Å². The third-order valence-electron chi connectivity index (χ3n) is 3.46. The first-order valence-electron chi connectivity index (χ1n) is 7.35. The highest BCUT2D eigenvalue weighted by Gasteiger charge is 2.33. The van der Waals surface area contributed by atoms with E-state index in [1.54, 1.807) is 17.0 Å². The Morgan fingerprint density at radius 1 is 1.45 bits per heavy atom. The summed E-state index contributed by atoms with van der Waals surface area (Å²) in [7, 11) is 0. The molecular weight excluding hydrogens is 307 g/mol. The maximum atomic E-state index is 13.4. The minimum atomic E-state index is -0.559. The maximum absolute atomic E-state index is 13.4. The lowest BCUT2D eigenvalue weighted by Crippen LogP contribution is -2.54. The molecule has 1 amide bonds. The van der Waals surface area contributed by atoms with Crippen molar-refractivity contribution in [3.63, 3.8) is 0 Å². The molecule has 2 atom stereocenters. The van der Waals surface area contributed by atoms with Gasteiger partial charge >= 0.3 is 6.09 Å². The van der Waals surface area contributed by atoms with Gasteiger partial charge in [0.15, 0.2) is 0 Å². The molecule has 1 aliphatic heterocycles. The van der Waals surface area contributed by atoms with Gasteiger partial charge in [0.1, 0.15) is 11.4 Å². The van der Waals surface area contributed by atoms with Gasteiger partial charge < -0.3 is 10.1 Å². The van der Waals surface area contributed by atoms with Crippen molar-refractivity contribution in [3.8, 4) is 0 Å². The molecule has 122 valence electrons. The fourth-order valence-corrected chi connectivity index (χ4v) is 2.64. The van der Waals surface area contributed by atoms with Crippen molar-refractivity contribution in [2.24, 2.45) is 0 Å². The molecule has 1 heterocycles. The zero-order valence-corrected chi connectivity index (χ0v) is 14.1. The van der Waals surface area contributed by atoms with Gasteiger partial charge in [0, 0.05) is 19.1 Å². The van der Waals surface area contributed by atoms with Gasteiger partial charge in [-0.3, -0.25) is 4.90 Å². The summed E-state index contributed by atoms with van der Waals surface area (Å²) in [4.78, 5) is 14.1. The zero-order valence-electron chi connectivity index (χ0n) is 13.3. The first kappa shape index (κ1) is 17.0. The van der Waals surface area contributed by atoms with Crippen LogP contribution < -0.4 is 5.32 Å². The number of carbonyl (C=O) groups excluding carboxylic acids is 1. The Morgan fingerprint density at radius 3 is 2.73 bits per heavy atom. The molecule has 1 aliphatic rings. The van der Waals surface area contributed by atoms with E-state index in [1.807, 2.05) is 27.7 Å². The molecule has 0 aliphatic carbocycles. The standard InChI is InChI=1S/C16H22ClFN2O2/c1-10-9-20(15(21)22-16(2,3)4)14(8-19-10)11-5-6-13(18)12(17)7-11/h5-7,10,14,19H,8-9H2,1-4H3/t10-,14+/m1/s1. The quantitative estimate of drug-likeness (QED) is 0.853. The highest BCUT2D eigenvalue weighted by Crippen LogP contribution is 2.28. The van der Waals surface area contributed by atoms with Crippen LogP contribution in [0.2, 0.25) is 5.02 Å². The number of ether oxygens (including phenoxy) is 1. The molecule has 1 N–H and O–H groups in total. The normalized spacial score (nSPS) is 22.5. The molecule has 0 unspecified atom stereocenters. The van der Waals surface area contributed by atoms with Gasteiger partial charge in [0.25, 0.3) is 0 Å². The van der Waals surface area contributed by atoms with E-state index < -0.39 is 11.4 Å². The van der Waals surface area contributed by atoms with Crippen LogP contribution in [0.1, 0.15) is 39.3 Å². The Morgan fingerprint density at radius 2 is 2.14 bits per heavy atom. The number of nitrogens with one attached hydrogen (secondary N) is 1. The lowest BCUT2D eigenvalue weighted by atomic mass is 10.0. The van der Waals surface area contributed by atoms with Gasteiger partial charge in [-0.05, 0) is 45.4 Å². The van der Waals surface area contributed by atoms with Crippen molar-refractivity contribution in [2.75, 3.05) is 13.1 Å². The van der Waals surface area contributed by atoms with Crippen LogP contribution in [0.4, 0.5) is 9.18 Å². The molecule has 0 radical (unpaired) electrons. The molecule has 22 heavy (non-hydrogen) atoms. The number of rotatable bonds is 1. The summed E-state index contributed by atoms with van der Waals surface area (Å²) in [6, 6.07) is 4.48. The van der Waals surface area contributed by atoms with Gasteiger partial charge in [-0.15, -0.1) is 0 Å². The van der Waals surface area contributed by atoms with Gasteiger partial charge in [-0.2, -0.15) is 0 Å².